The van der Waals surface area contributed by atoms with Crippen LogP contribution in [0.2, 0.25) is 0 Å². The maximum absolute atomic E-state index is 11.0. The lowest BCUT2D eigenvalue weighted by Crippen LogP contribution is -2.25. The van der Waals surface area contributed by atoms with Crippen molar-refractivity contribution in [3.05, 3.63) is 71.0 Å². The van der Waals surface area contributed by atoms with E-state index in [0.29, 0.717) is 6.61 Å². The number of rotatable bonds is 7. The van der Waals surface area contributed by atoms with Gasteiger partial charge in [0.15, 0.2) is 0 Å². The van der Waals surface area contributed by atoms with Crippen molar-refractivity contribution in [1.29, 1.82) is 0 Å². The zero-order valence-electron chi connectivity index (χ0n) is 13.2. The van der Waals surface area contributed by atoms with Crippen LogP contribution in [0.4, 0.5) is 0 Å². The molecule has 0 aromatic heterocycles. The molecule has 0 aliphatic carbocycles. The number of carbonyl (C=O) groups excluding carboxylic acids is 1. The van der Waals surface area contributed by atoms with Crippen LogP contribution in [0.1, 0.15) is 23.6 Å². The number of hydrogen-bond donors (Lipinski definition) is 0. The number of hydrogen-bond acceptors (Lipinski definition) is 4. The lowest BCUT2D eigenvalue weighted by Gasteiger charge is -2.12. The molecule has 0 bridgehead atoms. The Morgan fingerprint density at radius 3 is 2.52 bits per heavy atom. The number of carboxylic acid groups (broad SMARTS) is 1. The van der Waals surface area contributed by atoms with Gasteiger partial charge in [0.25, 0.3) is 0 Å². The van der Waals surface area contributed by atoms with Crippen molar-refractivity contribution in [1.82, 2.24) is 0 Å². The second-order valence-electron chi connectivity index (χ2n) is 5.03. The van der Waals surface area contributed by atoms with Gasteiger partial charge < -0.3 is 19.4 Å². The highest BCUT2D eigenvalue weighted by molar-refractivity contribution is 5.88. The molecule has 0 fully saturated rings. The molecule has 2 aromatic carbocycles. The van der Waals surface area contributed by atoms with Crippen LogP contribution in [-0.4, -0.2) is 12.6 Å². The van der Waals surface area contributed by atoms with Crippen molar-refractivity contribution < 1.29 is 19.4 Å². The van der Waals surface area contributed by atoms with Crippen molar-refractivity contribution in [3.63, 3.8) is 0 Å². The monoisotopic (exact) mass is 311 g/mol. The van der Waals surface area contributed by atoms with Crippen LogP contribution in [0.25, 0.3) is 6.08 Å². The summed E-state index contributed by atoms with van der Waals surface area (Å²) in [5, 5.41) is 11.0. The summed E-state index contributed by atoms with van der Waals surface area (Å²) in [6.45, 7) is 4.40. The molecule has 0 saturated carbocycles. The first kappa shape index (κ1) is 16.6. The molecule has 0 saturated heterocycles. The summed E-state index contributed by atoms with van der Waals surface area (Å²) < 4.78 is 10.8. The third kappa shape index (κ3) is 4.88. The van der Waals surface area contributed by atoms with Crippen LogP contribution in [0.5, 0.6) is 5.75 Å². The Balaban J connectivity index is 2.11. The molecule has 120 valence electrons. The minimum atomic E-state index is -1.33. The standard InChI is InChI=1S/C19H20O4/c1-3-22-18(19(20)21)12-16-9-10-17(14(2)11-16)23-13-15-7-5-4-6-8-15/h4-12H,3,13H2,1-2H3,(H,20,21)/p-1/b18-12-. The second-order valence-corrected chi connectivity index (χ2v) is 5.03. The molecule has 0 atom stereocenters. The first-order chi connectivity index (χ1) is 11.1. The minimum Gasteiger partial charge on any atom is -0.542 e. The van der Waals surface area contributed by atoms with Crippen molar-refractivity contribution in [2.45, 2.75) is 20.5 Å². The quantitative estimate of drug-likeness (QED) is 0.583. The fourth-order valence-electron chi connectivity index (χ4n) is 2.13. The first-order valence-corrected chi connectivity index (χ1v) is 7.43. The van der Waals surface area contributed by atoms with Crippen LogP contribution in [-0.2, 0) is 16.1 Å². The van der Waals surface area contributed by atoms with E-state index in [9.17, 15) is 9.90 Å². The number of benzene rings is 2. The highest BCUT2D eigenvalue weighted by Gasteiger charge is 2.04. The van der Waals surface area contributed by atoms with Crippen LogP contribution >= 0.6 is 0 Å². The van der Waals surface area contributed by atoms with Gasteiger partial charge in [0, 0.05) is 0 Å². The van der Waals surface area contributed by atoms with Crippen molar-refractivity contribution in [3.8, 4) is 5.75 Å². The smallest absolute Gasteiger partial charge is 0.142 e. The molecule has 4 heteroatoms. The summed E-state index contributed by atoms with van der Waals surface area (Å²) in [6, 6.07) is 15.4. The van der Waals surface area contributed by atoms with Crippen LogP contribution in [0, 0.1) is 6.92 Å². The van der Waals surface area contributed by atoms with Gasteiger partial charge >= 0.3 is 0 Å². The molecule has 0 radical (unpaired) electrons. The summed E-state index contributed by atoms with van der Waals surface area (Å²) in [5.74, 6) is -0.740. The zero-order chi connectivity index (χ0) is 16.7. The van der Waals surface area contributed by atoms with Crippen LogP contribution in [0.15, 0.2) is 54.3 Å². The summed E-state index contributed by atoms with van der Waals surface area (Å²) in [5.41, 5.74) is 2.73. The molecule has 0 aliphatic heterocycles. The van der Waals surface area contributed by atoms with Gasteiger partial charge in [-0.3, -0.25) is 0 Å². The summed E-state index contributed by atoms with van der Waals surface area (Å²) >= 11 is 0. The predicted octanol–water partition coefficient (Wildman–Crippen LogP) is 2.70. The Hall–Kier alpha value is -2.75. The van der Waals surface area contributed by atoms with Gasteiger partial charge in [0.1, 0.15) is 24.1 Å². The molecule has 2 aromatic rings. The molecule has 0 N–H and O–H groups in total. The largest absolute Gasteiger partial charge is 0.542 e. The normalized spacial score (nSPS) is 11.1. The molecular formula is C19H19O4-. The Kier molecular flexibility index (Phi) is 5.80. The van der Waals surface area contributed by atoms with Crippen LogP contribution < -0.4 is 9.84 Å². The topological polar surface area (TPSA) is 58.6 Å². The van der Waals surface area contributed by atoms with E-state index < -0.39 is 5.97 Å². The third-order valence-electron chi connectivity index (χ3n) is 3.23. The predicted molar refractivity (Wildman–Crippen MR) is 86.6 cm³/mol. The summed E-state index contributed by atoms with van der Waals surface area (Å²) in [4.78, 5) is 11.0. The highest BCUT2D eigenvalue weighted by Crippen LogP contribution is 2.22. The van der Waals surface area contributed by atoms with E-state index >= 15 is 0 Å². The molecule has 0 heterocycles. The molecule has 23 heavy (non-hydrogen) atoms. The first-order valence-electron chi connectivity index (χ1n) is 7.43. The van der Waals surface area contributed by atoms with E-state index in [0.717, 1.165) is 22.4 Å². The van der Waals surface area contributed by atoms with E-state index in [-0.39, 0.29) is 12.4 Å². The maximum atomic E-state index is 11.0. The lowest BCUT2D eigenvalue weighted by atomic mass is 10.1. The fraction of sp³-hybridized carbons (Fsp3) is 0.211. The number of aryl methyl sites for hydroxylation is 1. The molecule has 0 amide bonds. The molecule has 0 unspecified atom stereocenters. The number of carbonyl (C=O) groups is 1. The highest BCUT2D eigenvalue weighted by atomic mass is 16.5. The lowest BCUT2D eigenvalue weighted by molar-refractivity contribution is -0.303. The molecule has 0 aliphatic rings. The summed E-state index contributed by atoms with van der Waals surface area (Å²) in [7, 11) is 0. The number of aliphatic carboxylic acids is 1. The van der Waals surface area contributed by atoms with Gasteiger partial charge in [-0.1, -0.05) is 36.4 Å². The van der Waals surface area contributed by atoms with E-state index in [2.05, 4.69) is 0 Å². The third-order valence-corrected chi connectivity index (χ3v) is 3.23. The molecule has 0 spiro atoms. The average Bonchev–Trinajstić information content (AvgIpc) is 2.54. The van der Waals surface area contributed by atoms with Gasteiger partial charge in [0.2, 0.25) is 0 Å². The van der Waals surface area contributed by atoms with Gasteiger partial charge in [-0.25, -0.2) is 0 Å². The number of ether oxygens (including phenoxy) is 2. The van der Waals surface area contributed by atoms with Crippen molar-refractivity contribution in [2.24, 2.45) is 0 Å². The van der Waals surface area contributed by atoms with Crippen molar-refractivity contribution >= 4 is 12.0 Å². The van der Waals surface area contributed by atoms with E-state index in [1.807, 2.05) is 49.4 Å². The number of carboxylic acids is 1. The Bertz CT molecular complexity index is 690. The minimum absolute atomic E-state index is 0.176. The molecular weight excluding hydrogens is 292 g/mol. The van der Waals surface area contributed by atoms with Crippen LogP contribution in [0.3, 0.4) is 0 Å². The van der Waals surface area contributed by atoms with E-state index in [1.54, 1.807) is 13.0 Å². The SMILES string of the molecule is CCO/C(=C\c1ccc(OCc2ccccc2)c(C)c1)C(=O)[O-]. The van der Waals surface area contributed by atoms with Gasteiger partial charge in [-0.05, 0) is 48.7 Å². The van der Waals surface area contributed by atoms with Crippen molar-refractivity contribution in [2.75, 3.05) is 6.61 Å². The maximum Gasteiger partial charge on any atom is 0.142 e. The summed E-state index contributed by atoms with van der Waals surface area (Å²) in [6.07, 6.45) is 1.45. The zero-order valence-corrected chi connectivity index (χ0v) is 13.2. The van der Waals surface area contributed by atoms with E-state index in [1.165, 1.54) is 6.08 Å². The molecule has 4 nitrogen and oxygen atoms in total. The second kappa shape index (κ2) is 8.03. The fourth-order valence-corrected chi connectivity index (χ4v) is 2.13. The van der Waals surface area contributed by atoms with Gasteiger partial charge in [-0.2, -0.15) is 0 Å². The average molecular weight is 311 g/mol. The van der Waals surface area contributed by atoms with Gasteiger partial charge in [-0.15, -0.1) is 0 Å². The van der Waals surface area contributed by atoms with Gasteiger partial charge in [0.05, 0.1) is 6.61 Å². The Morgan fingerprint density at radius 1 is 1.17 bits per heavy atom. The Labute approximate surface area is 136 Å². The molecule has 2 rings (SSSR count). The Morgan fingerprint density at radius 2 is 1.91 bits per heavy atom. The van der Waals surface area contributed by atoms with E-state index in [4.69, 9.17) is 9.47 Å².